The van der Waals surface area contributed by atoms with Gasteiger partial charge in [0.05, 0.1) is 47.5 Å². The molecule has 1 N–H and O–H groups in total. The number of nitrogens with zero attached hydrogens (tertiary/aromatic N) is 5. The van der Waals surface area contributed by atoms with Crippen LogP contribution in [0.2, 0.25) is 0 Å². The van der Waals surface area contributed by atoms with E-state index in [9.17, 15) is 18.4 Å². The predicted molar refractivity (Wildman–Crippen MR) is 118 cm³/mol. The van der Waals surface area contributed by atoms with Gasteiger partial charge in [-0.2, -0.15) is 5.10 Å². The van der Waals surface area contributed by atoms with Crippen LogP contribution in [0.25, 0.3) is 5.52 Å². The Kier molecular flexibility index (Phi) is 5.12. The molecule has 1 aliphatic heterocycles. The molecule has 0 saturated heterocycles. The Morgan fingerprint density at radius 1 is 1.15 bits per heavy atom. The Bertz CT molecular complexity index is 1380. The van der Waals surface area contributed by atoms with Crippen molar-refractivity contribution in [1.82, 2.24) is 24.5 Å². The van der Waals surface area contributed by atoms with E-state index < -0.39 is 5.92 Å². The number of carbonyl (C=O) groups is 2. The molecule has 0 aromatic carbocycles. The number of thiophene rings is 1. The van der Waals surface area contributed by atoms with Crippen LogP contribution < -0.4 is 5.32 Å². The molecule has 8 nitrogen and oxygen atoms in total. The van der Waals surface area contributed by atoms with Crippen molar-refractivity contribution in [2.45, 2.75) is 25.8 Å². The molecule has 0 aliphatic carbocycles. The number of hydrogen-bond acceptors (Lipinski definition) is 6. The van der Waals surface area contributed by atoms with E-state index in [2.05, 4.69) is 20.4 Å². The van der Waals surface area contributed by atoms with Crippen LogP contribution >= 0.6 is 11.3 Å². The molecule has 0 bridgehead atoms. The number of alkyl halides is 2. The van der Waals surface area contributed by atoms with Crippen molar-refractivity contribution in [3.63, 3.8) is 0 Å². The highest BCUT2D eigenvalue weighted by molar-refractivity contribution is 7.10. The molecule has 0 radical (unpaired) electrons. The van der Waals surface area contributed by atoms with Gasteiger partial charge in [-0.15, -0.1) is 11.3 Å². The smallest absolute Gasteiger partial charge is 0.272 e. The van der Waals surface area contributed by atoms with Crippen molar-refractivity contribution in [3.8, 4) is 0 Å². The molecule has 0 unspecified atom stereocenters. The van der Waals surface area contributed by atoms with E-state index in [0.717, 1.165) is 23.6 Å². The second-order valence-electron chi connectivity index (χ2n) is 7.80. The van der Waals surface area contributed by atoms with E-state index in [4.69, 9.17) is 0 Å². The molecule has 5 rings (SSSR count). The molecule has 4 aromatic rings. The lowest BCUT2D eigenvalue weighted by molar-refractivity contribution is 0.0171. The minimum Gasteiger partial charge on any atom is -0.333 e. The highest BCUT2D eigenvalue weighted by atomic mass is 32.1. The molecule has 33 heavy (non-hydrogen) atoms. The van der Waals surface area contributed by atoms with Gasteiger partial charge in [0.1, 0.15) is 0 Å². The first-order chi connectivity index (χ1) is 15.8. The van der Waals surface area contributed by atoms with Gasteiger partial charge in [0.2, 0.25) is 0 Å². The Morgan fingerprint density at radius 3 is 2.82 bits per heavy atom. The van der Waals surface area contributed by atoms with E-state index in [1.165, 1.54) is 29.8 Å². The highest BCUT2D eigenvalue weighted by Gasteiger charge is 2.29. The van der Waals surface area contributed by atoms with Crippen LogP contribution in [0.4, 0.5) is 14.5 Å². The largest absolute Gasteiger partial charge is 0.333 e. The van der Waals surface area contributed by atoms with E-state index in [-0.39, 0.29) is 23.1 Å². The van der Waals surface area contributed by atoms with Gasteiger partial charge < -0.3 is 10.2 Å². The van der Waals surface area contributed by atoms with Crippen LogP contribution in [-0.4, -0.2) is 42.8 Å². The van der Waals surface area contributed by atoms with E-state index >= 15 is 0 Å². The van der Waals surface area contributed by atoms with E-state index in [1.54, 1.807) is 33.4 Å². The highest BCUT2D eigenvalue weighted by Crippen LogP contribution is 2.31. The van der Waals surface area contributed by atoms with Crippen LogP contribution in [0.3, 0.4) is 0 Å². The SMILES string of the molecule is CC(F)(F)c1cncc(NC(=O)c2csc3c2CCN(C(=O)c2cnn4ccncc24)C3)c1. The Balaban J connectivity index is 1.33. The zero-order valence-electron chi connectivity index (χ0n) is 17.5. The number of fused-ring (bicyclic) bond motifs is 2. The maximum atomic E-state index is 13.6. The molecule has 5 heterocycles. The molecule has 11 heteroatoms. The number of aromatic nitrogens is 4. The van der Waals surface area contributed by atoms with Crippen LogP contribution in [0.1, 0.15) is 43.6 Å². The molecule has 0 atom stereocenters. The third-order valence-electron chi connectivity index (χ3n) is 5.54. The lowest BCUT2D eigenvalue weighted by Crippen LogP contribution is -2.35. The van der Waals surface area contributed by atoms with Crippen molar-refractivity contribution in [2.24, 2.45) is 0 Å². The van der Waals surface area contributed by atoms with Crippen LogP contribution in [0.5, 0.6) is 0 Å². The lowest BCUT2D eigenvalue weighted by atomic mass is 10.0. The molecular weight excluding hydrogens is 450 g/mol. The quantitative estimate of drug-likeness (QED) is 0.493. The molecular formula is C22H18F2N6O2S. The maximum absolute atomic E-state index is 13.6. The number of halogens is 2. The van der Waals surface area contributed by atoms with Gasteiger partial charge in [0, 0.05) is 47.9 Å². The molecule has 0 saturated carbocycles. The average Bonchev–Trinajstić information content (AvgIpc) is 3.42. The third kappa shape index (κ3) is 3.95. The minimum atomic E-state index is -3.05. The fraction of sp³-hybridized carbons (Fsp3) is 0.227. The summed E-state index contributed by atoms with van der Waals surface area (Å²) in [5.41, 5.74) is 2.39. The van der Waals surface area contributed by atoms with Gasteiger partial charge >= 0.3 is 0 Å². The average molecular weight is 468 g/mol. The van der Waals surface area contributed by atoms with Gasteiger partial charge in [-0.1, -0.05) is 0 Å². The second kappa shape index (κ2) is 8.00. The van der Waals surface area contributed by atoms with Gasteiger partial charge in [0.25, 0.3) is 17.7 Å². The summed E-state index contributed by atoms with van der Waals surface area (Å²) in [6, 6.07) is 1.22. The monoisotopic (exact) mass is 468 g/mol. The van der Waals surface area contributed by atoms with Crippen molar-refractivity contribution in [2.75, 3.05) is 11.9 Å². The number of amides is 2. The number of anilines is 1. The number of carbonyl (C=O) groups excluding carboxylic acids is 2. The second-order valence-corrected chi connectivity index (χ2v) is 8.76. The summed E-state index contributed by atoms with van der Waals surface area (Å²) in [4.78, 5) is 36.4. The third-order valence-corrected chi connectivity index (χ3v) is 6.55. The lowest BCUT2D eigenvalue weighted by Gasteiger charge is -2.27. The van der Waals surface area contributed by atoms with Crippen molar-refractivity contribution in [3.05, 3.63) is 75.8 Å². The van der Waals surface area contributed by atoms with Crippen molar-refractivity contribution >= 4 is 34.4 Å². The van der Waals surface area contributed by atoms with Gasteiger partial charge in [-0.05, 0) is 18.1 Å². The molecule has 0 spiro atoms. The Labute approximate surface area is 190 Å². The Morgan fingerprint density at radius 2 is 2.00 bits per heavy atom. The van der Waals surface area contributed by atoms with E-state index in [1.807, 2.05) is 0 Å². The Hall–Kier alpha value is -3.73. The van der Waals surface area contributed by atoms with Crippen molar-refractivity contribution in [1.29, 1.82) is 0 Å². The number of hydrogen-bond donors (Lipinski definition) is 1. The first-order valence-corrected chi connectivity index (χ1v) is 11.0. The van der Waals surface area contributed by atoms with Gasteiger partial charge in [0.15, 0.2) is 0 Å². The fourth-order valence-corrected chi connectivity index (χ4v) is 4.90. The standard InChI is InChI=1S/C22H18F2N6O2S/c1-22(23,24)13-6-14(8-26-7-13)28-20(31)17-12-33-19-11-29(4-2-15(17)19)21(32)16-9-27-30-5-3-25-10-18(16)30/h3,5-10,12H,2,4,11H2,1H3,(H,28,31). The van der Waals surface area contributed by atoms with Crippen molar-refractivity contribution < 1.29 is 18.4 Å². The zero-order valence-corrected chi connectivity index (χ0v) is 18.3. The summed E-state index contributed by atoms with van der Waals surface area (Å²) in [6.45, 7) is 1.60. The van der Waals surface area contributed by atoms with Crippen LogP contribution in [-0.2, 0) is 18.9 Å². The van der Waals surface area contributed by atoms with E-state index in [0.29, 0.717) is 36.2 Å². The minimum absolute atomic E-state index is 0.147. The molecule has 4 aromatic heterocycles. The van der Waals surface area contributed by atoms with Gasteiger partial charge in [-0.25, -0.2) is 13.3 Å². The maximum Gasteiger partial charge on any atom is 0.272 e. The van der Waals surface area contributed by atoms with Crippen LogP contribution in [0.15, 0.2) is 48.6 Å². The summed E-state index contributed by atoms with van der Waals surface area (Å²) in [5.74, 6) is -3.59. The summed E-state index contributed by atoms with van der Waals surface area (Å²) < 4.78 is 28.7. The molecule has 168 valence electrons. The molecule has 2 amide bonds. The zero-order chi connectivity index (χ0) is 23.2. The normalized spacial score (nSPS) is 13.7. The summed E-state index contributed by atoms with van der Waals surface area (Å²) >= 11 is 1.40. The van der Waals surface area contributed by atoms with Crippen LogP contribution in [0, 0.1) is 0 Å². The number of rotatable bonds is 4. The first kappa shape index (κ1) is 21.1. The number of nitrogens with one attached hydrogen (secondary N) is 1. The summed E-state index contributed by atoms with van der Waals surface area (Å²) in [5, 5.41) is 8.59. The molecule has 1 aliphatic rings. The first-order valence-electron chi connectivity index (χ1n) is 10.1. The summed E-state index contributed by atoms with van der Waals surface area (Å²) in [7, 11) is 0. The fourth-order valence-electron chi connectivity index (χ4n) is 3.81. The topological polar surface area (TPSA) is 92.5 Å². The molecule has 0 fully saturated rings. The number of pyridine rings is 1. The van der Waals surface area contributed by atoms with Gasteiger partial charge in [-0.3, -0.25) is 19.6 Å². The summed E-state index contributed by atoms with van der Waals surface area (Å²) in [6.07, 6.45) is 9.32. The predicted octanol–water partition coefficient (Wildman–Crippen LogP) is 3.75.